The maximum atomic E-state index is 13.1. The molecule has 1 aromatic heterocycles. The van der Waals surface area contributed by atoms with Crippen molar-refractivity contribution in [2.24, 2.45) is 0 Å². The smallest absolute Gasteiger partial charge is 0.257 e. The predicted octanol–water partition coefficient (Wildman–Crippen LogP) is 4.64. The zero-order valence-electron chi connectivity index (χ0n) is 19.1. The van der Waals surface area contributed by atoms with E-state index >= 15 is 0 Å². The van der Waals surface area contributed by atoms with Crippen molar-refractivity contribution in [2.75, 3.05) is 12.4 Å². The molecule has 0 saturated heterocycles. The van der Waals surface area contributed by atoms with Gasteiger partial charge >= 0.3 is 0 Å². The summed E-state index contributed by atoms with van der Waals surface area (Å²) in [7, 11) is 1.57. The van der Waals surface area contributed by atoms with Crippen molar-refractivity contribution in [3.8, 4) is 11.5 Å². The SMILES string of the molecule is COc1cc([C@H]2CC(=O)Nc3nc(SCc4cccc(C)c4)[nH]c(=O)c32)ccc1OC(C)C. The highest BCUT2D eigenvalue weighted by molar-refractivity contribution is 7.98. The lowest BCUT2D eigenvalue weighted by atomic mass is 9.86. The Morgan fingerprint density at radius 2 is 1.97 bits per heavy atom. The van der Waals surface area contributed by atoms with Gasteiger partial charge in [0, 0.05) is 18.1 Å². The number of thioether (sulfide) groups is 1. The van der Waals surface area contributed by atoms with Crippen LogP contribution in [0.2, 0.25) is 0 Å². The first-order valence-electron chi connectivity index (χ1n) is 10.8. The topological polar surface area (TPSA) is 93.3 Å². The molecule has 33 heavy (non-hydrogen) atoms. The fourth-order valence-electron chi connectivity index (χ4n) is 3.91. The van der Waals surface area contributed by atoms with E-state index < -0.39 is 5.92 Å². The molecule has 0 radical (unpaired) electrons. The Hall–Kier alpha value is -3.26. The molecule has 0 saturated carbocycles. The van der Waals surface area contributed by atoms with E-state index in [-0.39, 0.29) is 24.0 Å². The molecule has 1 atom stereocenters. The van der Waals surface area contributed by atoms with E-state index in [0.29, 0.717) is 33.8 Å². The summed E-state index contributed by atoms with van der Waals surface area (Å²) in [5.41, 5.74) is 3.31. The van der Waals surface area contributed by atoms with Crippen molar-refractivity contribution in [2.45, 2.75) is 50.1 Å². The van der Waals surface area contributed by atoms with Gasteiger partial charge < -0.3 is 19.8 Å². The molecule has 172 valence electrons. The van der Waals surface area contributed by atoms with Gasteiger partial charge in [-0.3, -0.25) is 9.59 Å². The Bertz CT molecular complexity index is 1240. The molecule has 0 fully saturated rings. The van der Waals surface area contributed by atoms with Crippen LogP contribution in [-0.4, -0.2) is 29.1 Å². The van der Waals surface area contributed by atoms with E-state index in [1.807, 2.05) is 57.2 Å². The first-order chi connectivity index (χ1) is 15.8. The standard InChI is InChI=1S/C25H27N3O4S/c1-14(2)32-19-9-8-17(11-20(19)31-4)18-12-21(29)26-23-22(18)24(30)28-25(27-23)33-13-16-7-5-6-15(3)10-16/h5-11,14,18H,12-13H2,1-4H3,(H2,26,27,28,29,30)/t18-/m1/s1. The van der Waals surface area contributed by atoms with Crippen molar-refractivity contribution < 1.29 is 14.3 Å². The van der Waals surface area contributed by atoms with Crippen molar-refractivity contribution in [3.63, 3.8) is 0 Å². The van der Waals surface area contributed by atoms with Crippen LogP contribution in [0.25, 0.3) is 0 Å². The molecule has 4 rings (SSSR count). The second kappa shape index (κ2) is 9.70. The number of amides is 1. The molecule has 1 aliphatic rings. The molecule has 0 bridgehead atoms. The number of rotatable bonds is 7. The van der Waals surface area contributed by atoms with Gasteiger partial charge in [0.1, 0.15) is 5.82 Å². The Morgan fingerprint density at radius 3 is 2.70 bits per heavy atom. The number of aromatic amines is 1. The third-order valence-electron chi connectivity index (χ3n) is 5.34. The molecular weight excluding hydrogens is 438 g/mol. The van der Waals surface area contributed by atoms with E-state index in [2.05, 4.69) is 21.4 Å². The van der Waals surface area contributed by atoms with Crippen LogP contribution in [0.5, 0.6) is 11.5 Å². The van der Waals surface area contributed by atoms with Gasteiger partial charge in [0.15, 0.2) is 16.7 Å². The van der Waals surface area contributed by atoms with Crippen LogP contribution in [0.3, 0.4) is 0 Å². The number of H-pyrrole nitrogens is 1. The minimum atomic E-state index is -0.428. The average molecular weight is 466 g/mol. The van der Waals surface area contributed by atoms with E-state index in [1.54, 1.807) is 7.11 Å². The van der Waals surface area contributed by atoms with Gasteiger partial charge in [-0.2, -0.15) is 0 Å². The number of hydrogen-bond acceptors (Lipinski definition) is 6. The summed E-state index contributed by atoms with van der Waals surface area (Å²) in [5, 5.41) is 3.25. The van der Waals surface area contributed by atoms with E-state index in [1.165, 1.54) is 17.3 Å². The van der Waals surface area contributed by atoms with E-state index in [0.717, 1.165) is 11.1 Å². The normalized spacial score (nSPS) is 15.2. The van der Waals surface area contributed by atoms with E-state index in [9.17, 15) is 9.59 Å². The van der Waals surface area contributed by atoms with Gasteiger partial charge in [0.2, 0.25) is 5.91 Å². The average Bonchev–Trinajstić information content (AvgIpc) is 2.77. The third kappa shape index (κ3) is 5.22. The molecule has 1 amide bonds. The highest BCUT2D eigenvalue weighted by atomic mass is 32.2. The number of fused-ring (bicyclic) bond motifs is 1. The predicted molar refractivity (Wildman–Crippen MR) is 129 cm³/mol. The molecule has 2 heterocycles. The summed E-state index contributed by atoms with van der Waals surface area (Å²) in [5.74, 6) is 1.54. The molecule has 0 aliphatic carbocycles. The number of hydrogen-bond donors (Lipinski definition) is 2. The molecular formula is C25H27N3O4S. The number of ether oxygens (including phenoxy) is 2. The fraction of sp³-hybridized carbons (Fsp3) is 0.320. The molecule has 1 aliphatic heterocycles. The monoisotopic (exact) mass is 465 g/mol. The number of nitrogens with one attached hydrogen (secondary N) is 2. The van der Waals surface area contributed by atoms with Crippen LogP contribution in [-0.2, 0) is 10.5 Å². The van der Waals surface area contributed by atoms with Crippen LogP contribution in [0.15, 0.2) is 52.4 Å². The Morgan fingerprint density at radius 1 is 1.15 bits per heavy atom. The van der Waals surface area contributed by atoms with Crippen LogP contribution in [0, 0.1) is 6.92 Å². The summed E-state index contributed by atoms with van der Waals surface area (Å²) in [6.07, 6.45) is 0.148. The molecule has 2 aromatic carbocycles. The van der Waals surface area contributed by atoms with Crippen molar-refractivity contribution in [3.05, 3.63) is 75.1 Å². The highest BCUT2D eigenvalue weighted by Crippen LogP contribution is 2.38. The van der Waals surface area contributed by atoms with Crippen LogP contribution >= 0.6 is 11.8 Å². The number of benzene rings is 2. The summed E-state index contributed by atoms with van der Waals surface area (Å²) in [6.45, 7) is 5.92. The maximum absolute atomic E-state index is 13.1. The molecule has 8 heteroatoms. The zero-order valence-corrected chi connectivity index (χ0v) is 19.9. The van der Waals surface area contributed by atoms with Gasteiger partial charge in [-0.25, -0.2) is 4.98 Å². The Labute approximate surface area is 196 Å². The summed E-state index contributed by atoms with van der Waals surface area (Å²) in [4.78, 5) is 33.0. The number of carbonyl (C=O) groups excluding carboxylic acids is 1. The third-order valence-corrected chi connectivity index (χ3v) is 6.28. The van der Waals surface area contributed by atoms with Crippen molar-refractivity contribution in [1.29, 1.82) is 0 Å². The van der Waals surface area contributed by atoms with Crippen LogP contribution in [0.4, 0.5) is 5.82 Å². The lowest BCUT2D eigenvalue weighted by Crippen LogP contribution is -2.31. The number of nitrogens with zero attached hydrogens (tertiary/aromatic N) is 1. The minimum absolute atomic E-state index is 0.00583. The number of carbonyl (C=O) groups is 1. The molecule has 2 N–H and O–H groups in total. The summed E-state index contributed by atoms with van der Waals surface area (Å²) >= 11 is 1.43. The van der Waals surface area contributed by atoms with E-state index in [4.69, 9.17) is 9.47 Å². The van der Waals surface area contributed by atoms with Crippen molar-refractivity contribution >= 4 is 23.5 Å². The van der Waals surface area contributed by atoms with Gasteiger partial charge in [0.05, 0.1) is 18.8 Å². The number of aryl methyl sites for hydroxylation is 1. The zero-order chi connectivity index (χ0) is 23.5. The first kappa shape index (κ1) is 22.9. The van der Waals surface area contributed by atoms with Crippen molar-refractivity contribution in [1.82, 2.24) is 9.97 Å². The number of anilines is 1. The summed E-state index contributed by atoms with van der Waals surface area (Å²) < 4.78 is 11.3. The van der Waals surface area contributed by atoms with Gasteiger partial charge in [0.25, 0.3) is 5.56 Å². The minimum Gasteiger partial charge on any atom is -0.493 e. The maximum Gasteiger partial charge on any atom is 0.257 e. The number of aromatic nitrogens is 2. The lowest BCUT2D eigenvalue weighted by molar-refractivity contribution is -0.116. The lowest BCUT2D eigenvalue weighted by Gasteiger charge is -2.25. The van der Waals surface area contributed by atoms with Gasteiger partial charge in [-0.05, 0) is 44.0 Å². The second-order valence-electron chi connectivity index (χ2n) is 8.29. The number of methoxy groups -OCH3 is 1. The first-order valence-corrected chi connectivity index (χ1v) is 11.8. The Balaban J connectivity index is 1.65. The molecule has 0 unspecified atom stereocenters. The molecule has 3 aromatic rings. The molecule has 7 nitrogen and oxygen atoms in total. The largest absolute Gasteiger partial charge is 0.493 e. The highest BCUT2D eigenvalue weighted by Gasteiger charge is 2.31. The van der Waals surface area contributed by atoms with Crippen LogP contribution < -0.4 is 20.3 Å². The fourth-order valence-corrected chi connectivity index (χ4v) is 4.71. The quantitative estimate of drug-likeness (QED) is 0.390. The Kier molecular flexibility index (Phi) is 6.74. The second-order valence-corrected chi connectivity index (χ2v) is 9.26. The van der Waals surface area contributed by atoms with Gasteiger partial charge in [-0.15, -0.1) is 0 Å². The van der Waals surface area contributed by atoms with Gasteiger partial charge in [-0.1, -0.05) is 47.7 Å². The summed E-state index contributed by atoms with van der Waals surface area (Å²) in [6, 6.07) is 13.7. The van der Waals surface area contributed by atoms with Crippen LogP contribution in [0.1, 0.15) is 48.4 Å². The molecule has 0 spiro atoms.